The normalized spacial score (nSPS) is 18.6. The van der Waals surface area contributed by atoms with Crippen LogP contribution in [0.5, 0.6) is 5.75 Å². The minimum absolute atomic E-state index is 0.866. The summed E-state index contributed by atoms with van der Waals surface area (Å²) in [7, 11) is 3.60. The van der Waals surface area contributed by atoms with Gasteiger partial charge < -0.3 is 10.1 Å². The van der Waals surface area contributed by atoms with Crippen molar-refractivity contribution in [2.75, 3.05) is 39.1 Å². The molecule has 2 aliphatic heterocycles. The second-order valence-electron chi connectivity index (χ2n) is 5.61. The highest BCUT2D eigenvalue weighted by Gasteiger charge is 2.17. The van der Waals surface area contributed by atoms with Crippen molar-refractivity contribution in [3.8, 4) is 5.75 Å². The fourth-order valence-electron chi connectivity index (χ4n) is 3.01. The lowest BCUT2D eigenvalue weighted by Crippen LogP contribution is -2.21. The fraction of sp³-hybridized carbons (Fsp3) is 0.471. The van der Waals surface area contributed by atoms with Gasteiger partial charge >= 0.3 is 0 Å². The molecule has 0 aliphatic carbocycles. The predicted octanol–water partition coefficient (Wildman–Crippen LogP) is 2.91. The molecule has 21 heavy (non-hydrogen) atoms. The molecule has 1 aromatic rings. The smallest absolute Gasteiger partial charge is 0.142 e. The largest absolute Gasteiger partial charge is 0.495 e. The van der Waals surface area contributed by atoms with Gasteiger partial charge in [-0.25, -0.2) is 0 Å². The SMILES string of the molecule is CNc1ccc(C2=NC(CN3CCCC3)=CC2)cc1OC. The van der Waals surface area contributed by atoms with Gasteiger partial charge in [0.05, 0.1) is 24.2 Å². The molecule has 0 radical (unpaired) electrons. The van der Waals surface area contributed by atoms with Gasteiger partial charge in [-0.2, -0.15) is 0 Å². The van der Waals surface area contributed by atoms with E-state index in [2.05, 4.69) is 34.5 Å². The quantitative estimate of drug-likeness (QED) is 0.904. The van der Waals surface area contributed by atoms with Gasteiger partial charge in [-0.15, -0.1) is 0 Å². The fourth-order valence-corrected chi connectivity index (χ4v) is 3.01. The Labute approximate surface area is 126 Å². The van der Waals surface area contributed by atoms with Crippen molar-refractivity contribution < 1.29 is 4.74 Å². The monoisotopic (exact) mass is 285 g/mol. The zero-order valence-electron chi connectivity index (χ0n) is 12.9. The summed E-state index contributed by atoms with van der Waals surface area (Å²) in [4.78, 5) is 7.30. The second-order valence-corrected chi connectivity index (χ2v) is 5.61. The van der Waals surface area contributed by atoms with Gasteiger partial charge in [0.15, 0.2) is 0 Å². The van der Waals surface area contributed by atoms with Crippen LogP contribution in [0.25, 0.3) is 0 Å². The molecule has 3 rings (SSSR count). The summed E-state index contributed by atoms with van der Waals surface area (Å²) in [6, 6.07) is 6.23. The highest BCUT2D eigenvalue weighted by Crippen LogP contribution is 2.27. The maximum atomic E-state index is 5.43. The topological polar surface area (TPSA) is 36.9 Å². The minimum atomic E-state index is 0.866. The molecule has 1 saturated heterocycles. The third-order valence-electron chi connectivity index (χ3n) is 4.20. The van der Waals surface area contributed by atoms with Crippen LogP contribution in [0.2, 0.25) is 0 Å². The lowest BCUT2D eigenvalue weighted by Gasteiger charge is -2.13. The molecule has 0 aromatic heterocycles. The van der Waals surface area contributed by atoms with E-state index in [-0.39, 0.29) is 0 Å². The Bertz CT molecular complexity index is 571. The molecule has 1 aromatic carbocycles. The Balaban J connectivity index is 1.73. The van der Waals surface area contributed by atoms with Gasteiger partial charge in [-0.3, -0.25) is 9.89 Å². The number of nitrogens with zero attached hydrogens (tertiary/aromatic N) is 2. The molecule has 1 N–H and O–H groups in total. The van der Waals surface area contributed by atoms with Crippen LogP contribution in [0, 0.1) is 0 Å². The zero-order valence-corrected chi connectivity index (χ0v) is 12.9. The Kier molecular flexibility index (Phi) is 4.25. The predicted molar refractivity (Wildman–Crippen MR) is 87.5 cm³/mol. The molecular formula is C17H23N3O. The van der Waals surface area contributed by atoms with Crippen molar-refractivity contribution in [1.29, 1.82) is 0 Å². The first-order chi connectivity index (χ1) is 10.3. The maximum absolute atomic E-state index is 5.43. The number of aliphatic imine (C=N–C) groups is 1. The Morgan fingerprint density at radius 3 is 2.81 bits per heavy atom. The van der Waals surface area contributed by atoms with Gasteiger partial charge in [0.1, 0.15) is 5.75 Å². The van der Waals surface area contributed by atoms with Gasteiger partial charge in [0.25, 0.3) is 0 Å². The van der Waals surface area contributed by atoms with E-state index in [1.54, 1.807) is 7.11 Å². The average molecular weight is 285 g/mol. The van der Waals surface area contributed by atoms with Crippen LogP contribution >= 0.6 is 0 Å². The van der Waals surface area contributed by atoms with Crippen LogP contribution in [0.15, 0.2) is 35.0 Å². The van der Waals surface area contributed by atoms with Gasteiger partial charge in [0, 0.05) is 25.6 Å². The number of likely N-dealkylation sites (tertiary alicyclic amines) is 1. The van der Waals surface area contributed by atoms with E-state index in [4.69, 9.17) is 9.73 Å². The molecule has 1 fully saturated rings. The van der Waals surface area contributed by atoms with Crippen LogP contribution in [-0.2, 0) is 0 Å². The van der Waals surface area contributed by atoms with Crippen molar-refractivity contribution in [2.45, 2.75) is 19.3 Å². The molecule has 0 amide bonds. The van der Waals surface area contributed by atoms with E-state index in [0.717, 1.165) is 35.7 Å². The summed E-state index contributed by atoms with van der Waals surface area (Å²) >= 11 is 0. The molecule has 0 bridgehead atoms. The van der Waals surface area contributed by atoms with Crippen LogP contribution in [0.3, 0.4) is 0 Å². The highest BCUT2D eigenvalue weighted by atomic mass is 16.5. The third-order valence-corrected chi connectivity index (χ3v) is 4.20. The van der Waals surface area contributed by atoms with Crippen molar-refractivity contribution in [3.05, 3.63) is 35.5 Å². The van der Waals surface area contributed by atoms with Crippen LogP contribution in [0.4, 0.5) is 5.69 Å². The molecule has 4 heteroatoms. The number of anilines is 1. The van der Waals surface area contributed by atoms with Crippen LogP contribution in [-0.4, -0.2) is 44.4 Å². The number of benzene rings is 1. The molecule has 0 saturated carbocycles. The van der Waals surface area contributed by atoms with Gasteiger partial charge in [0.2, 0.25) is 0 Å². The lowest BCUT2D eigenvalue weighted by atomic mass is 10.1. The number of rotatable bonds is 5. The molecule has 0 atom stereocenters. The van der Waals surface area contributed by atoms with Crippen molar-refractivity contribution >= 4 is 11.4 Å². The van der Waals surface area contributed by atoms with E-state index in [1.807, 2.05) is 7.05 Å². The van der Waals surface area contributed by atoms with Crippen LogP contribution in [0.1, 0.15) is 24.8 Å². The number of methoxy groups -OCH3 is 1. The second kappa shape index (κ2) is 6.31. The van der Waals surface area contributed by atoms with Crippen molar-refractivity contribution in [2.24, 2.45) is 4.99 Å². The molecule has 4 nitrogen and oxygen atoms in total. The molecule has 112 valence electrons. The standard InChI is InChI=1S/C17H23N3O/c1-18-16-7-5-13(11-17(16)21-2)15-8-6-14(19-15)12-20-9-3-4-10-20/h5-7,11,18H,3-4,8-10,12H2,1-2H3. The first-order valence-corrected chi connectivity index (χ1v) is 7.65. The van der Waals surface area contributed by atoms with E-state index in [1.165, 1.54) is 31.6 Å². The molecule has 2 aliphatic rings. The van der Waals surface area contributed by atoms with Gasteiger partial charge in [-0.05, 0) is 38.1 Å². The first-order valence-electron chi connectivity index (χ1n) is 7.65. The van der Waals surface area contributed by atoms with Crippen LogP contribution < -0.4 is 10.1 Å². The Morgan fingerprint density at radius 1 is 1.29 bits per heavy atom. The number of allylic oxidation sites excluding steroid dienone is 1. The van der Waals surface area contributed by atoms with E-state index in [0.29, 0.717) is 0 Å². The number of hydrogen-bond donors (Lipinski definition) is 1. The van der Waals surface area contributed by atoms with Gasteiger partial charge in [-0.1, -0.05) is 12.1 Å². The third kappa shape index (κ3) is 3.10. The van der Waals surface area contributed by atoms with Crippen molar-refractivity contribution in [1.82, 2.24) is 4.90 Å². The molecule has 0 spiro atoms. The van der Waals surface area contributed by atoms with E-state index >= 15 is 0 Å². The lowest BCUT2D eigenvalue weighted by molar-refractivity contribution is 0.368. The van der Waals surface area contributed by atoms with E-state index < -0.39 is 0 Å². The molecule has 2 heterocycles. The summed E-state index contributed by atoms with van der Waals surface area (Å²) < 4.78 is 5.43. The summed E-state index contributed by atoms with van der Waals surface area (Å²) in [5.74, 6) is 0.866. The maximum Gasteiger partial charge on any atom is 0.142 e. The zero-order chi connectivity index (χ0) is 14.7. The summed E-state index contributed by atoms with van der Waals surface area (Å²) in [5, 5.41) is 3.14. The minimum Gasteiger partial charge on any atom is -0.495 e. The number of nitrogens with one attached hydrogen (secondary N) is 1. The number of ether oxygens (including phenoxy) is 1. The summed E-state index contributed by atoms with van der Waals surface area (Å²) in [6.07, 6.45) is 5.83. The average Bonchev–Trinajstić information content (AvgIpc) is 3.19. The summed E-state index contributed by atoms with van der Waals surface area (Å²) in [5.41, 5.74) is 4.51. The Hall–Kier alpha value is -1.81. The Morgan fingerprint density at radius 2 is 2.10 bits per heavy atom. The van der Waals surface area contributed by atoms with Crippen molar-refractivity contribution in [3.63, 3.8) is 0 Å². The van der Waals surface area contributed by atoms with E-state index in [9.17, 15) is 0 Å². The highest BCUT2D eigenvalue weighted by molar-refractivity contribution is 6.04. The molecule has 0 unspecified atom stereocenters. The first kappa shape index (κ1) is 14.1. The summed E-state index contributed by atoms with van der Waals surface area (Å²) in [6.45, 7) is 3.43. The number of hydrogen-bond acceptors (Lipinski definition) is 4. The molecular weight excluding hydrogens is 262 g/mol.